The van der Waals surface area contributed by atoms with Crippen LogP contribution in [0.5, 0.6) is 5.75 Å². The summed E-state index contributed by atoms with van der Waals surface area (Å²) in [6.45, 7) is 14.6. The van der Waals surface area contributed by atoms with Gasteiger partial charge in [-0.2, -0.15) is 0 Å². The molecule has 0 bridgehead atoms. The minimum atomic E-state index is -0.147. The lowest BCUT2D eigenvalue weighted by Gasteiger charge is -2.10. The third-order valence-corrected chi connectivity index (χ3v) is 4.98. The first kappa shape index (κ1) is 36.5. The van der Waals surface area contributed by atoms with Crippen molar-refractivity contribution < 1.29 is 28.5 Å². The summed E-state index contributed by atoms with van der Waals surface area (Å²) in [6, 6.07) is 8.03. The predicted molar refractivity (Wildman–Crippen MR) is 149 cm³/mol. The standard InChI is InChI=1S/C25H43NO6.2C2H6/c1-22(26)23-11-10-12-24(21-23)32-16-9-4-3-7-14-29-17-19-31-20-18-30-15-8-5-6-13-25(27)28-2;2*1-2/h10-12,21-22H,3-9,13-20,26H2,1-2H3;2*1-2H3/t22-;;/m0../s1. The Hall–Kier alpha value is -1.67. The van der Waals surface area contributed by atoms with Gasteiger partial charge in [0.15, 0.2) is 0 Å². The van der Waals surface area contributed by atoms with Crippen LogP contribution in [0.4, 0.5) is 0 Å². The van der Waals surface area contributed by atoms with Gasteiger partial charge in [-0.3, -0.25) is 4.79 Å². The Morgan fingerprint density at radius 3 is 1.78 bits per heavy atom. The Morgan fingerprint density at radius 2 is 1.25 bits per heavy atom. The number of carbonyl (C=O) groups is 1. The average molecular weight is 514 g/mol. The van der Waals surface area contributed by atoms with Gasteiger partial charge in [-0.25, -0.2) is 0 Å². The lowest BCUT2D eigenvalue weighted by atomic mass is 10.1. The molecule has 0 aromatic heterocycles. The quantitative estimate of drug-likeness (QED) is 0.149. The molecule has 7 nitrogen and oxygen atoms in total. The van der Waals surface area contributed by atoms with Crippen LogP contribution in [0.2, 0.25) is 0 Å². The van der Waals surface area contributed by atoms with Crippen LogP contribution in [0.15, 0.2) is 24.3 Å². The average Bonchev–Trinajstić information content (AvgIpc) is 2.92. The molecule has 36 heavy (non-hydrogen) atoms. The molecule has 1 atom stereocenters. The number of carbonyl (C=O) groups excluding carboxylic acids is 1. The molecule has 0 aliphatic carbocycles. The number of unbranched alkanes of at least 4 members (excludes halogenated alkanes) is 5. The van der Waals surface area contributed by atoms with Crippen molar-refractivity contribution in [3.63, 3.8) is 0 Å². The van der Waals surface area contributed by atoms with E-state index >= 15 is 0 Å². The molecule has 1 rings (SSSR count). The molecule has 0 heterocycles. The molecule has 0 aliphatic heterocycles. The number of ether oxygens (including phenoxy) is 5. The molecule has 0 saturated heterocycles. The molecule has 0 unspecified atom stereocenters. The fourth-order valence-corrected chi connectivity index (χ4v) is 3.03. The summed E-state index contributed by atoms with van der Waals surface area (Å²) in [5, 5.41) is 0. The largest absolute Gasteiger partial charge is 0.494 e. The van der Waals surface area contributed by atoms with Gasteiger partial charge in [-0.15, -0.1) is 0 Å². The van der Waals surface area contributed by atoms with Crippen molar-refractivity contribution >= 4 is 5.97 Å². The Labute approximate surface area is 221 Å². The van der Waals surface area contributed by atoms with E-state index in [1.807, 2.05) is 58.9 Å². The zero-order valence-corrected chi connectivity index (χ0v) is 24.0. The minimum absolute atomic E-state index is 0.0265. The minimum Gasteiger partial charge on any atom is -0.494 e. The van der Waals surface area contributed by atoms with Crippen molar-refractivity contribution in [2.24, 2.45) is 5.73 Å². The van der Waals surface area contributed by atoms with Crippen LogP contribution in [0.1, 0.15) is 97.6 Å². The highest BCUT2D eigenvalue weighted by Gasteiger charge is 2.01. The molecule has 2 N–H and O–H groups in total. The highest BCUT2D eigenvalue weighted by molar-refractivity contribution is 5.68. The number of hydrogen-bond acceptors (Lipinski definition) is 7. The highest BCUT2D eigenvalue weighted by atomic mass is 16.5. The number of benzene rings is 1. The third kappa shape index (κ3) is 24.0. The van der Waals surface area contributed by atoms with E-state index in [2.05, 4.69) is 4.74 Å². The van der Waals surface area contributed by atoms with Gasteiger partial charge in [0, 0.05) is 25.7 Å². The van der Waals surface area contributed by atoms with Gasteiger partial charge in [0.25, 0.3) is 0 Å². The van der Waals surface area contributed by atoms with Crippen molar-refractivity contribution in [1.29, 1.82) is 0 Å². The van der Waals surface area contributed by atoms with E-state index in [1.54, 1.807) is 0 Å². The van der Waals surface area contributed by atoms with E-state index in [4.69, 9.17) is 24.7 Å². The predicted octanol–water partition coefficient (Wildman–Crippen LogP) is 6.48. The lowest BCUT2D eigenvalue weighted by molar-refractivity contribution is -0.140. The van der Waals surface area contributed by atoms with Gasteiger partial charge in [0.1, 0.15) is 5.75 Å². The van der Waals surface area contributed by atoms with Gasteiger partial charge in [-0.05, 0) is 56.7 Å². The summed E-state index contributed by atoms with van der Waals surface area (Å²) < 4.78 is 27.0. The number of esters is 1. The lowest BCUT2D eigenvalue weighted by Crippen LogP contribution is -2.10. The van der Waals surface area contributed by atoms with Crippen molar-refractivity contribution in [1.82, 2.24) is 0 Å². The second-order valence-corrected chi connectivity index (χ2v) is 7.85. The molecule has 0 aliphatic rings. The SMILES string of the molecule is CC.CC.COC(=O)CCCCCOCCOCCOCCCCCCOc1cccc([C@H](C)N)c1. The second kappa shape index (κ2) is 29.6. The fraction of sp³-hybridized carbons (Fsp3) is 0.759. The van der Waals surface area contributed by atoms with Crippen molar-refractivity contribution in [3.8, 4) is 5.75 Å². The van der Waals surface area contributed by atoms with Crippen LogP contribution in [0.3, 0.4) is 0 Å². The summed E-state index contributed by atoms with van der Waals surface area (Å²) in [5.74, 6) is 0.746. The van der Waals surface area contributed by atoms with Gasteiger partial charge in [-0.1, -0.05) is 52.7 Å². The Bertz CT molecular complexity index is 583. The number of hydrogen-bond donors (Lipinski definition) is 1. The summed E-state index contributed by atoms with van der Waals surface area (Å²) in [5.41, 5.74) is 7.00. The van der Waals surface area contributed by atoms with Crippen LogP contribution < -0.4 is 10.5 Å². The molecule has 0 saturated carbocycles. The first-order valence-electron chi connectivity index (χ1n) is 13.9. The maximum atomic E-state index is 11.0. The van der Waals surface area contributed by atoms with Gasteiger partial charge in [0.05, 0.1) is 40.1 Å². The van der Waals surface area contributed by atoms with Crippen molar-refractivity contribution in [2.45, 2.75) is 92.0 Å². The molecule has 1 aromatic rings. The van der Waals surface area contributed by atoms with E-state index in [9.17, 15) is 4.79 Å². The molecule has 0 amide bonds. The van der Waals surface area contributed by atoms with Crippen LogP contribution in [0, 0.1) is 0 Å². The van der Waals surface area contributed by atoms with Gasteiger partial charge >= 0.3 is 5.97 Å². The zero-order valence-electron chi connectivity index (χ0n) is 24.0. The zero-order chi connectivity index (χ0) is 27.3. The van der Waals surface area contributed by atoms with Crippen LogP contribution in [-0.2, 0) is 23.7 Å². The van der Waals surface area contributed by atoms with Crippen molar-refractivity contribution in [2.75, 3.05) is 53.4 Å². The molecular formula is C29H55NO6. The number of nitrogens with two attached hydrogens (primary N) is 1. The molecule has 212 valence electrons. The Balaban J connectivity index is 0. The van der Waals surface area contributed by atoms with E-state index in [-0.39, 0.29) is 12.0 Å². The molecule has 0 fully saturated rings. The Morgan fingerprint density at radius 1 is 0.750 bits per heavy atom. The summed E-state index contributed by atoms with van der Waals surface area (Å²) in [4.78, 5) is 11.0. The summed E-state index contributed by atoms with van der Waals surface area (Å²) >= 11 is 0. The fourth-order valence-electron chi connectivity index (χ4n) is 3.03. The smallest absolute Gasteiger partial charge is 0.305 e. The normalized spacial score (nSPS) is 11.0. The van der Waals surface area contributed by atoms with Gasteiger partial charge in [0.2, 0.25) is 0 Å². The van der Waals surface area contributed by atoms with Crippen molar-refractivity contribution in [3.05, 3.63) is 29.8 Å². The second-order valence-electron chi connectivity index (χ2n) is 7.85. The van der Waals surface area contributed by atoms with E-state index in [0.717, 1.165) is 69.5 Å². The highest BCUT2D eigenvalue weighted by Crippen LogP contribution is 2.18. The molecule has 0 spiro atoms. The molecule has 7 heteroatoms. The maximum Gasteiger partial charge on any atom is 0.305 e. The number of methoxy groups -OCH3 is 1. The monoisotopic (exact) mass is 513 g/mol. The molecule has 0 radical (unpaired) electrons. The van der Waals surface area contributed by atoms with E-state index in [1.165, 1.54) is 7.11 Å². The van der Waals surface area contributed by atoms with Crippen LogP contribution in [-0.4, -0.2) is 59.3 Å². The van der Waals surface area contributed by atoms with Crippen LogP contribution >= 0.6 is 0 Å². The first-order valence-corrected chi connectivity index (χ1v) is 13.9. The first-order chi connectivity index (χ1) is 17.6. The molecular weight excluding hydrogens is 458 g/mol. The maximum absolute atomic E-state index is 11.0. The van der Waals surface area contributed by atoms with Crippen LogP contribution in [0.25, 0.3) is 0 Å². The molecule has 1 aromatic carbocycles. The topological polar surface area (TPSA) is 89.2 Å². The summed E-state index contributed by atoms with van der Waals surface area (Å²) in [7, 11) is 1.42. The third-order valence-electron chi connectivity index (χ3n) is 4.98. The Kier molecular flexibility index (Phi) is 30.0. The number of rotatable bonds is 21. The van der Waals surface area contributed by atoms with E-state index in [0.29, 0.717) is 39.5 Å². The summed E-state index contributed by atoms with van der Waals surface area (Å²) in [6.07, 6.45) is 7.62. The van der Waals surface area contributed by atoms with Gasteiger partial charge < -0.3 is 29.4 Å². The van der Waals surface area contributed by atoms with E-state index < -0.39 is 0 Å².